The lowest BCUT2D eigenvalue weighted by molar-refractivity contribution is -0.384. The molecular weight excluding hydrogens is 389 g/mol. The summed E-state index contributed by atoms with van der Waals surface area (Å²) in [4.78, 5) is 22.5. The minimum atomic E-state index is -0.710. The first-order chi connectivity index (χ1) is 11.8. The lowest BCUT2D eigenvalue weighted by Gasteiger charge is -2.06. The second-order valence-electron chi connectivity index (χ2n) is 4.75. The third-order valence-electron chi connectivity index (χ3n) is 2.96. The number of nitrogens with one attached hydrogen (secondary N) is 1. The largest absolute Gasteiger partial charge is 0.321 e. The molecule has 0 saturated carbocycles. The van der Waals surface area contributed by atoms with Gasteiger partial charge in [-0.2, -0.15) is 5.26 Å². The van der Waals surface area contributed by atoms with E-state index in [2.05, 4.69) is 5.32 Å². The van der Waals surface area contributed by atoms with Gasteiger partial charge in [0, 0.05) is 21.8 Å². The molecular formula is C16H8Cl3N3O3. The molecule has 0 radical (unpaired) electrons. The fraction of sp³-hybridized carbons (Fsp3) is 0. The van der Waals surface area contributed by atoms with Gasteiger partial charge in [0.2, 0.25) is 0 Å². The van der Waals surface area contributed by atoms with Crippen molar-refractivity contribution < 1.29 is 9.72 Å². The van der Waals surface area contributed by atoms with Crippen molar-refractivity contribution in [1.29, 1.82) is 5.26 Å². The summed E-state index contributed by atoms with van der Waals surface area (Å²) in [6, 6.07) is 10.1. The maximum atomic E-state index is 12.2. The molecule has 2 aromatic rings. The smallest absolute Gasteiger partial charge is 0.288 e. The van der Waals surface area contributed by atoms with Crippen molar-refractivity contribution in [2.75, 3.05) is 5.32 Å². The SMILES string of the molecule is N#C/C(=C\c1ccc(Cl)c([N+](=O)[O-])c1)C(=O)Nc1cc(Cl)cc(Cl)c1. The van der Waals surface area contributed by atoms with Crippen LogP contribution >= 0.6 is 34.8 Å². The summed E-state index contributed by atoms with van der Waals surface area (Å²) in [5, 5.41) is 23.2. The van der Waals surface area contributed by atoms with Crippen LogP contribution in [0.15, 0.2) is 42.0 Å². The normalized spacial score (nSPS) is 10.9. The van der Waals surface area contributed by atoms with Crippen LogP contribution in [-0.4, -0.2) is 10.8 Å². The van der Waals surface area contributed by atoms with Gasteiger partial charge in [0.1, 0.15) is 16.7 Å². The number of nitro benzene ring substituents is 1. The van der Waals surface area contributed by atoms with Crippen LogP contribution in [-0.2, 0) is 4.79 Å². The Morgan fingerprint density at radius 3 is 2.36 bits per heavy atom. The monoisotopic (exact) mass is 395 g/mol. The van der Waals surface area contributed by atoms with E-state index in [0.717, 1.165) is 0 Å². The van der Waals surface area contributed by atoms with Crippen LogP contribution in [0.2, 0.25) is 15.1 Å². The highest BCUT2D eigenvalue weighted by Gasteiger charge is 2.14. The predicted molar refractivity (Wildman–Crippen MR) is 96.8 cm³/mol. The van der Waals surface area contributed by atoms with E-state index in [9.17, 15) is 20.2 Å². The Bertz CT molecular complexity index is 916. The fourth-order valence-corrected chi connectivity index (χ4v) is 2.61. The molecule has 0 fully saturated rings. The molecule has 0 heterocycles. The number of amides is 1. The Kier molecular flexibility index (Phi) is 5.99. The number of hydrogen-bond acceptors (Lipinski definition) is 4. The Hall–Kier alpha value is -2.59. The topological polar surface area (TPSA) is 96.0 Å². The van der Waals surface area contributed by atoms with Gasteiger partial charge in [0.15, 0.2) is 0 Å². The van der Waals surface area contributed by atoms with Crippen LogP contribution in [0.1, 0.15) is 5.56 Å². The highest BCUT2D eigenvalue weighted by atomic mass is 35.5. The minimum Gasteiger partial charge on any atom is -0.321 e. The zero-order valence-corrected chi connectivity index (χ0v) is 14.6. The van der Waals surface area contributed by atoms with Crippen molar-refractivity contribution >= 4 is 58.2 Å². The molecule has 0 aliphatic carbocycles. The number of hydrogen-bond donors (Lipinski definition) is 1. The first kappa shape index (κ1) is 18.7. The average molecular weight is 397 g/mol. The van der Waals surface area contributed by atoms with E-state index < -0.39 is 10.8 Å². The van der Waals surface area contributed by atoms with Gasteiger partial charge in [0.25, 0.3) is 11.6 Å². The van der Waals surface area contributed by atoms with Crippen molar-refractivity contribution in [3.8, 4) is 6.07 Å². The van der Waals surface area contributed by atoms with E-state index in [0.29, 0.717) is 15.7 Å². The van der Waals surface area contributed by atoms with E-state index in [1.165, 1.54) is 42.5 Å². The molecule has 0 atom stereocenters. The number of anilines is 1. The molecule has 6 nitrogen and oxygen atoms in total. The van der Waals surface area contributed by atoms with Crippen LogP contribution in [0.25, 0.3) is 6.08 Å². The van der Waals surface area contributed by atoms with Gasteiger partial charge in [-0.05, 0) is 35.9 Å². The predicted octanol–water partition coefficient (Wildman–Crippen LogP) is 5.10. The van der Waals surface area contributed by atoms with Gasteiger partial charge in [0.05, 0.1) is 4.92 Å². The summed E-state index contributed by atoms with van der Waals surface area (Å²) in [6.07, 6.45) is 1.21. The zero-order valence-electron chi connectivity index (χ0n) is 12.3. The summed E-state index contributed by atoms with van der Waals surface area (Å²) in [5.41, 5.74) is 0.0140. The molecule has 0 saturated heterocycles. The minimum absolute atomic E-state index is 0.0429. The molecule has 126 valence electrons. The molecule has 0 spiro atoms. The Balaban J connectivity index is 2.31. The summed E-state index contributed by atoms with van der Waals surface area (Å²) < 4.78 is 0. The van der Waals surface area contributed by atoms with Crippen molar-refractivity contribution in [2.24, 2.45) is 0 Å². The molecule has 0 aliphatic rings. The number of benzene rings is 2. The Labute approximate surface area is 157 Å². The summed E-state index contributed by atoms with van der Waals surface area (Å²) in [7, 11) is 0. The van der Waals surface area contributed by atoms with E-state index in [-0.39, 0.29) is 21.8 Å². The lowest BCUT2D eigenvalue weighted by atomic mass is 10.1. The van der Waals surface area contributed by atoms with Gasteiger partial charge in [-0.25, -0.2) is 0 Å². The molecule has 0 unspecified atom stereocenters. The third-order valence-corrected chi connectivity index (χ3v) is 3.72. The van der Waals surface area contributed by atoms with Crippen LogP contribution in [0, 0.1) is 21.4 Å². The van der Waals surface area contributed by atoms with E-state index in [1.807, 2.05) is 0 Å². The van der Waals surface area contributed by atoms with Crippen molar-refractivity contribution in [3.05, 3.63) is 72.7 Å². The van der Waals surface area contributed by atoms with Crippen molar-refractivity contribution in [1.82, 2.24) is 0 Å². The average Bonchev–Trinajstić information content (AvgIpc) is 2.52. The van der Waals surface area contributed by atoms with Crippen LogP contribution < -0.4 is 5.32 Å². The Morgan fingerprint density at radius 2 is 1.80 bits per heavy atom. The number of carbonyl (C=O) groups is 1. The van der Waals surface area contributed by atoms with Gasteiger partial charge in [-0.15, -0.1) is 0 Å². The number of nitriles is 1. The molecule has 0 aromatic heterocycles. The van der Waals surface area contributed by atoms with E-state index >= 15 is 0 Å². The zero-order chi connectivity index (χ0) is 18.6. The highest BCUT2D eigenvalue weighted by Crippen LogP contribution is 2.26. The van der Waals surface area contributed by atoms with Gasteiger partial charge < -0.3 is 5.32 Å². The number of carbonyl (C=O) groups excluding carboxylic acids is 1. The summed E-state index contributed by atoms with van der Waals surface area (Å²) >= 11 is 17.4. The van der Waals surface area contributed by atoms with E-state index in [4.69, 9.17) is 34.8 Å². The van der Waals surface area contributed by atoms with Gasteiger partial charge >= 0.3 is 0 Å². The summed E-state index contributed by atoms with van der Waals surface area (Å²) in [6.45, 7) is 0. The molecule has 2 aromatic carbocycles. The molecule has 0 aliphatic heterocycles. The molecule has 1 amide bonds. The molecule has 25 heavy (non-hydrogen) atoms. The number of nitrogens with zero attached hydrogens (tertiary/aromatic N) is 2. The number of nitro groups is 1. The second-order valence-corrected chi connectivity index (χ2v) is 6.03. The maximum absolute atomic E-state index is 12.2. The third kappa shape index (κ3) is 4.94. The molecule has 9 heteroatoms. The Morgan fingerprint density at radius 1 is 1.16 bits per heavy atom. The summed E-state index contributed by atoms with van der Waals surface area (Å²) in [5.74, 6) is -0.710. The second kappa shape index (κ2) is 7.99. The van der Waals surface area contributed by atoms with Gasteiger partial charge in [-0.1, -0.05) is 40.9 Å². The molecule has 2 rings (SSSR count). The van der Waals surface area contributed by atoms with Crippen LogP contribution in [0.4, 0.5) is 11.4 Å². The standard InChI is InChI=1S/C16H8Cl3N3O3/c17-11-5-12(18)7-13(6-11)21-16(23)10(8-20)3-9-1-2-14(19)15(4-9)22(24)25/h1-7H,(H,21,23)/b10-3+. The first-order valence-electron chi connectivity index (χ1n) is 6.63. The van der Waals surface area contributed by atoms with Crippen LogP contribution in [0.5, 0.6) is 0 Å². The fourth-order valence-electron chi connectivity index (χ4n) is 1.90. The van der Waals surface area contributed by atoms with Crippen LogP contribution in [0.3, 0.4) is 0 Å². The first-order valence-corrected chi connectivity index (χ1v) is 7.76. The lowest BCUT2D eigenvalue weighted by Crippen LogP contribution is -2.13. The number of halogens is 3. The number of rotatable bonds is 4. The van der Waals surface area contributed by atoms with Gasteiger partial charge in [-0.3, -0.25) is 14.9 Å². The van der Waals surface area contributed by atoms with E-state index in [1.54, 1.807) is 6.07 Å². The highest BCUT2D eigenvalue weighted by molar-refractivity contribution is 6.35. The maximum Gasteiger partial charge on any atom is 0.288 e. The molecule has 0 bridgehead atoms. The van der Waals surface area contributed by atoms with Crippen molar-refractivity contribution in [3.63, 3.8) is 0 Å². The quantitative estimate of drug-likeness (QED) is 0.336. The molecule has 1 N–H and O–H groups in total. The van der Waals surface area contributed by atoms with Crippen molar-refractivity contribution in [2.45, 2.75) is 0 Å².